The van der Waals surface area contributed by atoms with Crippen LogP contribution < -0.4 is 16.0 Å². The standard InChI is InChI=1S/C24H28F4N6OS/c25-16-11-29-9-8-18(16)31-17-6-3-7-19-15(17)10-20(34(19)13-24(26,27)28)23-33-32-21(36-23)12-30-22(35)14-4-1-2-5-14/h3,6-7,10,14,16,18,29,31H,1-2,4-5,8-9,11-13H2,(H,30,35)/t16-,18+/m0/s1. The van der Waals surface area contributed by atoms with Crippen LogP contribution in [0.15, 0.2) is 24.3 Å². The molecule has 0 bridgehead atoms. The molecule has 2 aromatic heterocycles. The minimum absolute atomic E-state index is 0.0153. The molecule has 5 rings (SSSR count). The summed E-state index contributed by atoms with van der Waals surface area (Å²) in [6.45, 7) is -0.104. The van der Waals surface area contributed by atoms with Gasteiger partial charge in [0.2, 0.25) is 5.91 Å². The summed E-state index contributed by atoms with van der Waals surface area (Å²) in [5, 5.41) is 18.8. The van der Waals surface area contributed by atoms with Crippen LogP contribution in [0.1, 0.15) is 37.1 Å². The van der Waals surface area contributed by atoms with Gasteiger partial charge >= 0.3 is 6.18 Å². The molecule has 1 amide bonds. The predicted molar refractivity (Wildman–Crippen MR) is 130 cm³/mol. The third kappa shape index (κ3) is 5.49. The second-order valence-corrected chi connectivity index (χ2v) is 10.5. The highest BCUT2D eigenvalue weighted by atomic mass is 32.1. The van der Waals surface area contributed by atoms with Crippen molar-refractivity contribution in [3.8, 4) is 10.7 Å². The van der Waals surface area contributed by atoms with Crippen LogP contribution in [0.2, 0.25) is 0 Å². The summed E-state index contributed by atoms with van der Waals surface area (Å²) in [6.07, 6.45) is -1.14. The summed E-state index contributed by atoms with van der Waals surface area (Å²) in [4.78, 5) is 12.3. The number of anilines is 1. The van der Waals surface area contributed by atoms with E-state index in [-0.39, 0.29) is 30.6 Å². The van der Waals surface area contributed by atoms with E-state index in [1.807, 2.05) is 0 Å². The van der Waals surface area contributed by atoms with E-state index in [0.29, 0.717) is 39.6 Å². The highest BCUT2D eigenvalue weighted by molar-refractivity contribution is 7.14. The Balaban J connectivity index is 1.43. The molecule has 36 heavy (non-hydrogen) atoms. The molecule has 1 saturated carbocycles. The van der Waals surface area contributed by atoms with Gasteiger partial charge in [-0.05, 0) is 44.0 Å². The molecule has 1 aromatic carbocycles. The zero-order chi connectivity index (χ0) is 25.3. The van der Waals surface area contributed by atoms with Crippen molar-refractivity contribution in [2.45, 2.75) is 63.6 Å². The van der Waals surface area contributed by atoms with Gasteiger partial charge in [-0.2, -0.15) is 13.2 Å². The molecule has 1 saturated heterocycles. The fraction of sp³-hybridized carbons (Fsp3) is 0.542. The minimum atomic E-state index is -4.45. The second-order valence-electron chi connectivity index (χ2n) is 9.43. The Labute approximate surface area is 209 Å². The van der Waals surface area contributed by atoms with Gasteiger partial charge in [0, 0.05) is 23.5 Å². The molecule has 3 aromatic rings. The molecule has 3 heterocycles. The van der Waals surface area contributed by atoms with Crippen molar-refractivity contribution in [2.75, 3.05) is 18.4 Å². The Morgan fingerprint density at radius 2 is 2.00 bits per heavy atom. The van der Waals surface area contributed by atoms with Gasteiger partial charge < -0.3 is 20.5 Å². The average molecular weight is 525 g/mol. The number of fused-ring (bicyclic) bond motifs is 1. The molecule has 2 aliphatic rings. The van der Waals surface area contributed by atoms with Crippen LogP contribution >= 0.6 is 11.3 Å². The highest BCUT2D eigenvalue weighted by Gasteiger charge is 2.32. The first-order valence-electron chi connectivity index (χ1n) is 12.2. The van der Waals surface area contributed by atoms with Gasteiger partial charge in [-0.3, -0.25) is 4.79 Å². The minimum Gasteiger partial charge on any atom is -0.379 e. The number of amides is 1. The largest absolute Gasteiger partial charge is 0.406 e. The Morgan fingerprint density at radius 1 is 1.19 bits per heavy atom. The number of aromatic nitrogens is 3. The first-order chi connectivity index (χ1) is 17.3. The Kier molecular flexibility index (Phi) is 7.16. The van der Waals surface area contributed by atoms with Gasteiger partial charge in [0.05, 0.1) is 23.8 Å². The Bertz CT molecular complexity index is 1220. The lowest BCUT2D eigenvalue weighted by Crippen LogP contribution is -2.45. The van der Waals surface area contributed by atoms with Crippen LogP contribution in [0.4, 0.5) is 23.2 Å². The van der Waals surface area contributed by atoms with Crippen molar-refractivity contribution in [3.63, 3.8) is 0 Å². The maximum absolute atomic E-state index is 14.4. The number of carbonyl (C=O) groups excluding carboxylic acids is 1. The normalized spacial score (nSPS) is 21.2. The SMILES string of the molecule is O=C(NCc1nnc(-c2cc3c(N[C@@H]4CCNC[C@@H]4F)cccc3n2CC(F)(F)F)s1)C1CCCC1. The molecule has 1 aliphatic heterocycles. The molecule has 2 fully saturated rings. The van der Waals surface area contributed by atoms with E-state index >= 15 is 0 Å². The van der Waals surface area contributed by atoms with Crippen LogP contribution in [-0.4, -0.2) is 52.2 Å². The van der Waals surface area contributed by atoms with Crippen molar-refractivity contribution in [1.82, 2.24) is 25.4 Å². The lowest BCUT2D eigenvalue weighted by molar-refractivity contribution is -0.139. The molecule has 1 aliphatic carbocycles. The molecule has 0 spiro atoms. The number of alkyl halides is 4. The number of rotatable bonds is 7. The van der Waals surface area contributed by atoms with E-state index in [0.717, 1.165) is 37.0 Å². The number of hydrogen-bond acceptors (Lipinski definition) is 6. The van der Waals surface area contributed by atoms with E-state index in [2.05, 4.69) is 26.1 Å². The molecule has 0 radical (unpaired) electrons. The highest BCUT2D eigenvalue weighted by Crippen LogP contribution is 2.36. The second kappa shape index (κ2) is 10.3. The molecule has 12 heteroatoms. The van der Waals surface area contributed by atoms with Crippen molar-refractivity contribution in [1.29, 1.82) is 0 Å². The number of carbonyl (C=O) groups is 1. The zero-order valence-corrected chi connectivity index (χ0v) is 20.4. The van der Waals surface area contributed by atoms with Gasteiger partial charge in [-0.25, -0.2) is 4.39 Å². The van der Waals surface area contributed by atoms with Crippen LogP contribution in [0.25, 0.3) is 21.6 Å². The third-order valence-corrected chi connectivity index (χ3v) is 7.80. The van der Waals surface area contributed by atoms with Crippen molar-refractivity contribution >= 4 is 33.8 Å². The molecule has 3 N–H and O–H groups in total. The number of halogens is 4. The quantitative estimate of drug-likeness (QED) is 0.392. The van der Waals surface area contributed by atoms with Crippen molar-refractivity contribution < 1.29 is 22.4 Å². The van der Waals surface area contributed by atoms with Gasteiger partial charge in [0.15, 0.2) is 5.01 Å². The van der Waals surface area contributed by atoms with Crippen molar-refractivity contribution in [3.05, 3.63) is 29.3 Å². The van der Waals surface area contributed by atoms with Crippen LogP contribution in [0, 0.1) is 5.92 Å². The van der Waals surface area contributed by atoms with E-state index in [9.17, 15) is 22.4 Å². The average Bonchev–Trinajstić information content (AvgIpc) is 3.59. The van der Waals surface area contributed by atoms with E-state index in [4.69, 9.17) is 0 Å². The van der Waals surface area contributed by atoms with E-state index < -0.39 is 24.9 Å². The molecular weight excluding hydrogens is 496 g/mol. The van der Waals surface area contributed by atoms with Crippen LogP contribution in [0.3, 0.4) is 0 Å². The summed E-state index contributed by atoms with van der Waals surface area (Å²) >= 11 is 1.15. The molecule has 194 valence electrons. The molecule has 0 unspecified atom stereocenters. The lowest BCUT2D eigenvalue weighted by Gasteiger charge is -2.28. The number of nitrogens with zero attached hydrogens (tertiary/aromatic N) is 3. The fourth-order valence-electron chi connectivity index (χ4n) is 5.04. The number of benzene rings is 1. The number of piperidine rings is 1. The van der Waals surface area contributed by atoms with Gasteiger partial charge in [0.25, 0.3) is 0 Å². The Morgan fingerprint density at radius 3 is 2.75 bits per heavy atom. The van der Waals surface area contributed by atoms with Gasteiger partial charge in [-0.1, -0.05) is 30.2 Å². The summed E-state index contributed by atoms with van der Waals surface area (Å²) in [5.41, 5.74) is 1.24. The maximum Gasteiger partial charge on any atom is 0.406 e. The Hall–Kier alpha value is -2.73. The summed E-state index contributed by atoms with van der Waals surface area (Å²) in [6, 6.07) is 6.26. The van der Waals surface area contributed by atoms with Gasteiger partial charge in [-0.15, -0.1) is 10.2 Å². The summed E-state index contributed by atoms with van der Waals surface area (Å²) in [5.74, 6) is -0.00303. The summed E-state index contributed by atoms with van der Waals surface area (Å²) in [7, 11) is 0. The molecule has 2 atom stereocenters. The molecule has 7 nitrogen and oxygen atoms in total. The lowest BCUT2D eigenvalue weighted by atomic mass is 10.0. The van der Waals surface area contributed by atoms with E-state index in [1.54, 1.807) is 24.3 Å². The van der Waals surface area contributed by atoms with Crippen molar-refractivity contribution in [2.24, 2.45) is 5.92 Å². The predicted octanol–water partition coefficient (Wildman–Crippen LogP) is 4.64. The summed E-state index contributed by atoms with van der Waals surface area (Å²) < 4.78 is 56.3. The number of nitrogens with one attached hydrogen (secondary N) is 3. The maximum atomic E-state index is 14.4. The van der Waals surface area contributed by atoms with Gasteiger partial charge in [0.1, 0.15) is 17.7 Å². The van der Waals surface area contributed by atoms with Crippen LogP contribution in [-0.2, 0) is 17.9 Å². The smallest absolute Gasteiger partial charge is 0.379 e. The topological polar surface area (TPSA) is 83.9 Å². The fourth-order valence-corrected chi connectivity index (χ4v) is 5.85. The zero-order valence-electron chi connectivity index (χ0n) is 19.6. The molecular formula is C24H28F4N6OS. The first kappa shape index (κ1) is 24.9. The first-order valence-corrected chi connectivity index (χ1v) is 13.0. The van der Waals surface area contributed by atoms with E-state index in [1.165, 1.54) is 4.57 Å². The number of hydrogen-bond donors (Lipinski definition) is 3. The third-order valence-electron chi connectivity index (χ3n) is 6.86. The monoisotopic (exact) mass is 524 g/mol. The van der Waals surface area contributed by atoms with Crippen LogP contribution in [0.5, 0.6) is 0 Å².